The molecular formula is C20H31N3O2. The quantitative estimate of drug-likeness (QED) is 0.760. The molecule has 2 aliphatic heterocycles. The Morgan fingerprint density at radius 3 is 2.40 bits per heavy atom. The summed E-state index contributed by atoms with van der Waals surface area (Å²) in [5, 5.41) is 6.81. The van der Waals surface area contributed by atoms with Crippen LogP contribution in [0.25, 0.3) is 0 Å². The number of fused-ring (bicyclic) bond motifs is 2. The summed E-state index contributed by atoms with van der Waals surface area (Å²) >= 11 is 0. The zero-order chi connectivity index (χ0) is 17.6. The number of amides is 1. The van der Waals surface area contributed by atoms with Crippen LogP contribution in [0.15, 0.2) is 24.3 Å². The van der Waals surface area contributed by atoms with Gasteiger partial charge in [0.2, 0.25) is 0 Å². The van der Waals surface area contributed by atoms with Crippen molar-refractivity contribution in [3.8, 4) is 5.75 Å². The largest absolute Gasteiger partial charge is 0.492 e. The molecule has 138 valence electrons. The maximum Gasteiger partial charge on any atom is 0.251 e. The van der Waals surface area contributed by atoms with E-state index < -0.39 is 0 Å². The van der Waals surface area contributed by atoms with Gasteiger partial charge in [-0.15, -0.1) is 0 Å². The van der Waals surface area contributed by atoms with Gasteiger partial charge in [-0.3, -0.25) is 4.79 Å². The monoisotopic (exact) mass is 345 g/mol. The fourth-order valence-corrected chi connectivity index (χ4v) is 3.98. The van der Waals surface area contributed by atoms with Gasteiger partial charge in [-0.1, -0.05) is 13.8 Å². The van der Waals surface area contributed by atoms with Crippen molar-refractivity contribution in [2.75, 3.05) is 26.2 Å². The predicted molar refractivity (Wildman–Crippen MR) is 100 cm³/mol. The highest BCUT2D eigenvalue weighted by Gasteiger charge is 2.34. The van der Waals surface area contributed by atoms with E-state index in [0.29, 0.717) is 30.3 Å². The van der Waals surface area contributed by atoms with Gasteiger partial charge in [-0.2, -0.15) is 0 Å². The minimum atomic E-state index is 0.0287. The fraction of sp³-hybridized carbons (Fsp3) is 0.650. The Bertz CT molecular complexity index is 545. The van der Waals surface area contributed by atoms with Gasteiger partial charge < -0.3 is 20.3 Å². The number of hydrogen-bond acceptors (Lipinski definition) is 4. The first kappa shape index (κ1) is 18.2. The van der Waals surface area contributed by atoms with Crippen molar-refractivity contribution in [3.05, 3.63) is 29.8 Å². The Labute approximate surface area is 151 Å². The molecule has 0 spiro atoms. The zero-order valence-corrected chi connectivity index (χ0v) is 15.5. The molecule has 1 aromatic carbocycles. The maximum absolute atomic E-state index is 12.5. The number of hydrogen-bond donors (Lipinski definition) is 2. The van der Waals surface area contributed by atoms with E-state index in [4.69, 9.17) is 4.74 Å². The topological polar surface area (TPSA) is 53.6 Å². The highest BCUT2D eigenvalue weighted by atomic mass is 16.5. The first-order valence-corrected chi connectivity index (χ1v) is 9.70. The summed E-state index contributed by atoms with van der Waals surface area (Å²) in [6.07, 6.45) is 4.59. The summed E-state index contributed by atoms with van der Waals surface area (Å²) in [4.78, 5) is 14.8. The van der Waals surface area contributed by atoms with E-state index in [2.05, 4.69) is 29.4 Å². The molecule has 25 heavy (non-hydrogen) atoms. The van der Waals surface area contributed by atoms with Crippen LogP contribution >= 0.6 is 0 Å². The van der Waals surface area contributed by atoms with Gasteiger partial charge >= 0.3 is 0 Å². The lowest BCUT2D eigenvalue weighted by Gasteiger charge is -2.29. The van der Waals surface area contributed by atoms with E-state index in [1.165, 1.54) is 12.8 Å². The molecule has 1 amide bonds. The number of ether oxygens (including phenoxy) is 1. The molecule has 0 saturated carbocycles. The van der Waals surface area contributed by atoms with Crippen LogP contribution in [-0.4, -0.2) is 55.2 Å². The van der Waals surface area contributed by atoms with Crippen molar-refractivity contribution in [3.63, 3.8) is 0 Å². The van der Waals surface area contributed by atoms with Crippen LogP contribution in [0.3, 0.4) is 0 Å². The van der Waals surface area contributed by atoms with Crippen LogP contribution < -0.4 is 15.4 Å². The van der Waals surface area contributed by atoms with Crippen LogP contribution in [0, 0.1) is 0 Å². The number of likely N-dealkylation sites (N-methyl/N-ethyl adjacent to an activating group) is 1. The van der Waals surface area contributed by atoms with Gasteiger partial charge in [0.15, 0.2) is 0 Å². The Balaban J connectivity index is 1.45. The fourth-order valence-electron chi connectivity index (χ4n) is 3.98. The lowest BCUT2D eigenvalue weighted by atomic mass is 9.99. The van der Waals surface area contributed by atoms with E-state index in [1.54, 1.807) is 0 Å². The molecular weight excluding hydrogens is 314 g/mol. The van der Waals surface area contributed by atoms with Crippen molar-refractivity contribution in [1.82, 2.24) is 15.5 Å². The average Bonchev–Trinajstić information content (AvgIpc) is 2.97. The number of nitrogens with one attached hydrogen (secondary N) is 2. The van der Waals surface area contributed by atoms with Gasteiger partial charge in [0.25, 0.3) is 5.91 Å². The number of benzene rings is 1. The molecule has 2 aliphatic rings. The maximum atomic E-state index is 12.5. The minimum absolute atomic E-state index is 0.0287. The second-order valence-electron chi connectivity index (χ2n) is 7.18. The number of carbonyl (C=O) groups is 1. The van der Waals surface area contributed by atoms with Crippen molar-refractivity contribution >= 4 is 5.91 Å². The highest BCUT2D eigenvalue weighted by Crippen LogP contribution is 2.27. The molecule has 5 heteroatoms. The molecule has 2 bridgehead atoms. The Morgan fingerprint density at radius 1 is 1.16 bits per heavy atom. The summed E-state index contributed by atoms with van der Waals surface area (Å²) in [5.74, 6) is 0.851. The second kappa shape index (κ2) is 8.68. The van der Waals surface area contributed by atoms with E-state index in [0.717, 1.165) is 38.2 Å². The Kier molecular flexibility index (Phi) is 6.32. The van der Waals surface area contributed by atoms with Gasteiger partial charge in [0.05, 0.1) is 0 Å². The average molecular weight is 345 g/mol. The van der Waals surface area contributed by atoms with Crippen molar-refractivity contribution in [2.24, 2.45) is 0 Å². The lowest BCUT2D eigenvalue weighted by molar-refractivity contribution is 0.0924. The van der Waals surface area contributed by atoms with E-state index in [-0.39, 0.29) is 5.91 Å². The van der Waals surface area contributed by atoms with Gasteiger partial charge in [-0.05, 0) is 63.0 Å². The lowest BCUT2D eigenvalue weighted by Crippen LogP contribution is -2.48. The number of carbonyl (C=O) groups excluding carboxylic acids is 1. The normalized spacial score (nSPS) is 25.2. The van der Waals surface area contributed by atoms with Gasteiger partial charge in [-0.25, -0.2) is 0 Å². The molecule has 2 unspecified atom stereocenters. The predicted octanol–water partition coefficient (Wildman–Crippen LogP) is 2.42. The van der Waals surface area contributed by atoms with Crippen molar-refractivity contribution in [1.29, 1.82) is 0 Å². The molecule has 2 atom stereocenters. The molecule has 1 aromatic rings. The zero-order valence-electron chi connectivity index (χ0n) is 15.5. The molecule has 2 fully saturated rings. The Morgan fingerprint density at radius 2 is 1.80 bits per heavy atom. The third-order valence-corrected chi connectivity index (χ3v) is 5.50. The third-order valence-electron chi connectivity index (χ3n) is 5.50. The number of rotatable bonds is 8. The van der Waals surface area contributed by atoms with Crippen molar-refractivity contribution < 1.29 is 9.53 Å². The number of piperidine rings is 1. The van der Waals surface area contributed by atoms with E-state index in [9.17, 15) is 4.79 Å². The minimum Gasteiger partial charge on any atom is -0.492 e. The summed E-state index contributed by atoms with van der Waals surface area (Å²) in [7, 11) is 0. The number of nitrogens with zero attached hydrogens (tertiary/aromatic N) is 1. The van der Waals surface area contributed by atoms with E-state index in [1.807, 2.05) is 24.3 Å². The molecule has 0 radical (unpaired) electrons. The van der Waals surface area contributed by atoms with Crippen LogP contribution in [-0.2, 0) is 0 Å². The summed E-state index contributed by atoms with van der Waals surface area (Å²) < 4.78 is 5.78. The second-order valence-corrected chi connectivity index (χ2v) is 7.18. The van der Waals surface area contributed by atoms with Gasteiger partial charge in [0.1, 0.15) is 12.4 Å². The smallest absolute Gasteiger partial charge is 0.251 e. The molecule has 0 aliphatic carbocycles. The molecule has 2 saturated heterocycles. The van der Waals surface area contributed by atoms with Crippen molar-refractivity contribution in [2.45, 2.75) is 57.7 Å². The standard InChI is InChI=1S/C20H31N3O2/c1-3-23(4-2)11-12-25-19-9-5-15(6-10-19)20(24)22-18-13-16-7-8-17(14-18)21-16/h5-6,9-10,16-18,21H,3-4,7-8,11-14H2,1-2H3,(H,22,24). The van der Waals surface area contributed by atoms with Crippen LogP contribution in [0.2, 0.25) is 0 Å². The first-order chi connectivity index (χ1) is 12.2. The first-order valence-electron chi connectivity index (χ1n) is 9.70. The summed E-state index contributed by atoms with van der Waals surface area (Å²) in [6, 6.07) is 8.98. The van der Waals surface area contributed by atoms with Crippen LogP contribution in [0.5, 0.6) is 5.75 Å². The molecule has 2 heterocycles. The summed E-state index contributed by atoms with van der Waals surface area (Å²) in [6.45, 7) is 7.99. The Hall–Kier alpha value is -1.59. The van der Waals surface area contributed by atoms with E-state index >= 15 is 0 Å². The molecule has 2 N–H and O–H groups in total. The third kappa shape index (κ3) is 4.95. The SMILES string of the molecule is CCN(CC)CCOc1ccc(C(=O)NC2CC3CCC(C2)N3)cc1. The highest BCUT2D eigenvalue weighted by molar-refractivity contribution is 5.94. The molecule has 5 nitrogen and oxygen atoms in total. The van der Waals surface area contributed by atoms with Crippen LogP contribution in [0.1, 0.15) is 49.9 Å². The molecule has 3 rings (SSSR count). The molecule has 0 aromatic heterocycles. The van der Waals surface area contributed by atoms with Crippen LogP contribution in [0.4, 0.5) is 0 Å². The van der Waals surface area contributed by atoms with Gasteiger partial charge in [0, 0.05) is 30.2 Å². The summed E-state index contributed by atoms with van der Waals surface area (Å²) in [5.41, 5.74) is 0.710.